The van der Waals surface area contributed by atoms with Crippen LogP contribution in [0.1, 0.15) is 52.1 Å². The zero-order chi connectivity index (χ0) is 23.2. The van der Waals surface area contributed by atoms with E-state index in [0.717, 1.165) is 51.8 Å². The Bertz CT molecular complexity index is 1490. The van der Waals surface area contributed by atoms with Crippen LogP contribution in [0.3, 0.4) is 0 Å². The highest BCUT2D eigenvalue weighted by Gasteiger charge is 2.34. The summed E-state index contributed by atoms with van der Waals surface area (Å²) >= 11 is 0. The first-order valence-corrected chi connectivity index (χ1v) is 11.5. The lowest BCUT2D eigenvalue weighted by Gasteiger charge is -2.28. The summed E-state index contributed by atoms with van der Waals surface area (Å²) in [5, 5.41) is 0.773. The first-order valence-electron chi connectivity index (χ1n) is 11.5. The van der Waals surface area contributed by atoms with E-state index in [1.807, 2.05) is 49.4 Å². The minimum atomic E-state index is -0.288. The van der Waals surface area contributed by atoms with Crippen LogP contribution in [-0.4, -0.2) is 11.0 Å². The fraction of sp³-hybridized carbons (Fsp3) is 0.250. The van der Waals surface area contributed by atoms with E-state index in [0.29, 0.717) is 29.9 Å². The van der Waals surface area contributed by atoms with Crippen LogP contribution >= 0.6 is 0 Å². The van der Waals surface area contributed by atoms with E-state index in [1.165, 1.54) is 0 Å². The van der Waals surface area contributed by atoms with Crippen LogP contribution in [0.25, 0.3) is 11.0 Å². The molecule has 0 amide bonds. The van der Waals surface area contributed by atoms with Gasteiger partial charge in [0.2, 0.25) is 0 Å². The van der Waals surface area contributed by atoms with Crippen molar-refractivity contribution >= 4 is 16.9 Å². The molecule has 170 valence electrons. The minimum Gasteiger partial charge on any atom is -0.489 e. The molecule has 0 fully saturated rings. The number of carbonyl (C=O) groups is 1. The number of carbonyl (C=O) groups excluding carboxylic acids is 1. The van der Waals surface area contributed by atoms with Gasteiger partial charge in [0.1, 0.15) is 23.7 Å². The lowest BCUT2D eigenvalue weighted by molar-refractivity contribution is -0.135. The Balaban J connectivity index is 1.44. The molecule has 2 aromatic carbocycles. The van der Waals surface area contributed by atoms with Crippen molar-refractivity contribution in [2.24, 2.45) is 0 Å². The molecule has 1 aliphatic carbocycles. The van der Waals surface area contributed by atoms with Crippen LogP contribution in [0, 0.1) is 6.92 Å². The SMILES string of the molecule is Cc1cc2oc(=O)c3c(c2c2c1[C@@H](c1cccc(OCc4cccnc4)c1)CC(=O)O2)CCC3. The van der Waals surface area contributed by atoms with Gasteiger partial charge in [0.15, 0.2) is 0 Å². The summed E-state index contributed by atoms with van der Waals surface area (Å²) in [5.41, 5.74) is 5.75. The van der Waals surface area contributed by atoms with Crippen molar-refractivity contribution in [1.82, 2.24) is 4.98 Å². The van der Waals surface area contributed by atoms with E-state index in [1.54, 1.807) is 12.4 Å². The van der Waals surface area contributed by atoms with Crippen LogP contribution < -0.4 is 15.1 Å². The standard InChI is InChI=1S/C28H23NO5/c1-16-11-23-26(20-8-3-9-21(20)28(31)33-23)27-25(16)22(13-24(30)34-27)18-6-2-7-19(12-18)32-15-17-5-4-10-29-14-17/h2,4-7,10-12,14,22H,3,8-9,13,15H2,1H3/t22-/m1/s1. The van der Waals surface area contributed by atoms with Crippen molar-refractivity contribution in [2.75, 3.05) is 0 Å². The highest BCUT2D eigenvalue weighted by Crippen LogP contribution is 2.47. The van der Waals surface area contributed by atoms with Crippen LogP contribution in [0.2, 0.25) is 0 Å². The van der Waals surface area contributed by atoms with Gasteiger partial charge >= 0.3 is 11.6 Å². The average Bonchev–Trinajstić information content (AvgIpc) is 3.33. The van der Waals surface area contributed by atoms with Gasteiger partial charge < -0.3 is 13.9 Å². The Morgan fingerprint density at radius 3 is 2.82 bits per heavy atom. The van der Waals surface area contributed by atoms with E-state index < -0.39 is 0 Å². The van der Waals surface area contributed by atoms with Gasteiger partial charge in [-0.05, 0) is 67.1 Å². The van der Waals surface area contributed by atoms with Crippen LogP contribution in [0.4, 0.5) is 0 Å². The fourth-order valence-electron chi connectivity index (χ4n) is 5.26. The van der Waals surface area contributed by atoms with E-state index in [9.17, 15) is 9.59 Å². The van der Waals surface area contributed by atoms with E-state index in [4.69, 9.17) is 13.9 Å². The Labute approximate surface area is 196 Å². The zero-order valence-electron chi connectivity index (χ0n) is 18.8. The van der Waals surface area contributed by atoms with E-state index >= 15 is 0 Å². The molecule has 0 unspecified atom stereocenters. The zero-order valence-corrected chi connectivity index (χ0v) is 18.8. The van der Waals surface area contributed by atoms with E-state index in [-0.39, 0.29) is 23.9 Å². The minimum absolute atomic E-state index is 0.174. The molecule has 1 atom stereocenters. The molecule has 2 aromatic heterocycles. The molecule has 0 spiro atoms. The number of nitrogens with zero attached hydrogens (tertiary/aromatic N) is 1. The number of fused-ring (bicyclic) bond motifs is 5. The van der Waals surface area contributed by atoms with Crippen molar-refractivity contribution in [2.45, 2.75) is 45.1 Å². The van der Waals surface area contributed by atoms with Gasteiger partial charge in [0.25, 0.3) is 0 Å². The molecule has 3 heterocycles. The fourth-order valence-corrected chi connectivity index (χ4v) is 5.26. The number of aryl methyl sites for hydroxylation is 2. The first kappa shape index (κ1) is 20.7. The lowest BCUT2D eigenvalue weighted by Crippen LogP contribution is -2.23. The second-order valence-electron chi connectivity index (χ2n) is 8.96. The normalized spacial score (nSPS) is 16.7. The maximum absolute atomic E-state index is 12.8. The second-order valence-corrected chi connectivity index (χ2v) is 8.96. The highest BCUT2D eigenvalue weighted by molar-refractivity contribution is 5.94. The van der Waals surface area contributed by atoms with Crippen molar-refractivity contribution < 1.29 is 18.7 Å². The smallest absolute Gasteiger partial charge is 0.339 e. The molecule has 0 saturated heterocycles. The predicted octanol–water partition coefficient (Wildman–Crippen LogP) is 5.01. The third-order valence-corrected chi connectivity index (χ3v) is 6.78. The molecule has 2 aliphatic rings. The molecule has 0 saturated carbocycles. The highest BCUT2D eigenvalue weighted by atomic mass is 16.5. The third kappa shape index (κ3) is 3.46. The molecule has 0 bridgehead atoms. The molecule has 0 N–H and O–H groups in total. The average molecular weight is 453 g/mol. The Kier molecular flexibility index (Phi) is 4.94. The topological polar surface area (TPSA) is 78.6 Å². The van der Waals surface area contributed by atoms with Crippen LogP contribution in [0.5, 0.6) is 11.5 Å². The predicted molar refractivity (Wildman–Crippen MR) is 126 cm³/mol. The van der Waals surface area contributed by atoms with Gasteiger partial charge in [-0.15, -0.1) is 0 Å². The second kappa shape index (κ2) is 8.13. The maximum Gasteiger partial charge on any atom is 0.339 e. The largest absolute Gasteiger partial charge is 0.489 e. The lowest BCUT2D eigenvalue weighted by atomic mass is 9.82. The Morgan fingerprint density at radius 1 is 1.09 bits per heavy atom. The van der Waals surface area contributed by atoms with Gasteiger partial charge in [-0.1, -0.05) is 18.2 Å². The van der Waals surface area contributed by atoms with Crippen molar-refractivity contribution in [3.8, 4) is 11.5 Å². The molecule has 6 nitrogen and oxygen atoms in total. The summed E-state index contributed by atoms with van der Waals surface area (Å²) < 4.78 is 17.5. The number of ether oxygens (including phenoxy) is 2. The molecule has 6 rings (SSSR count). The van der Waals surface area contributed by atoms with E-state index in [2.05, 4.69) is 4.98 Å². The molecular weight excluding hydrogens is 430 g/mol. The van der Waals surface area contributed by atoms with Crippen molar-refractivity contribution in [3.63, 3.8) is 0 Å². The van der Waals surface area contributed by atoms with Gasteiger partial charge in [0, 0.05) is 35.0 Å². The molecule has 1 aliphatic heterocycles. The number of pyridine rings is 1. The van der Waals surface area contributed by atoms with Crippen molar-refractivity contribution in [3.05, 3.63) is 98.7 Å². The van der Waals surface area contributed by atoms with Crippen LogP contribution in [-0.2, 0) is 24.2 Å². The Morgan fingerprint density at radius 2 is 1.97 bits per heavy atom. The summed E-state index contributed by atoms with van der Waals surface area (Å²) in [6, 6.07) is 13.6. The number of esters is 1. The summed E-state index contributed by atoms with van der Waals surface area (Å²) in [5.74, 6) is 0.808. The number of rotatable bonds is 4. The summed E-state index contributed by atoms with van der Waals surface area (Å²) in [4.78, 5) is 29.4. The van der Waals surface area contributed by atoms with Gasteiger partial charge in [-0.3, -0.25) is 9.78 Å². The monoisotopic (exact) mass is 453 g/mol. The quantitative estimate of drug-likeness (QED) is 0.246. The van der Waals surface area contributed by atoms with Gasteiger partial charge in [0.05, 0.1) is 11.8 Å². The first-order chi connectivity index (χ1) is 16.6. The van der Waals surface area contributed by atoms with Gasteiger partial charge in [-0.2, -0.15) is 0 Å². The summed E-state index contributed by atoms with van der Waals surface area (Å²) in [6.45, 7) is 2.38. The number of aromatic nitrogens is 1. The summed E-state index contributed by atoms with van der Waals surface area (Å²) in [7, 11) is 0. The molecule has 0 radical (unpaired) electrons. The maximum atomic E-state index is 12.8. The van der Waals surface area contributed by atoms with Gasteiger partial charge in [-0.25, -0.2) is 4.79 Å². The number of hydrogen-bond acceptors (Lipinski definition) is 6. The molecular formula is C28H23NO5. The molecule has 6 heteroatoms. The molecule has 4 aromatic rings. The Hall–Kier alpha value is -3.93. The summed E-state index contributed by atoms with van der Waals surface area (Å²) in [6.07, 6.45) is 6.13. The van der Waals surface area contributed by atoms with Crippen molar-refractivity contribution in [1.29, 1.82) is 0 Å². The number of hydrogen-bond donors (Lipinski definition) is 0. The van der Waals surface area contributed by atoms with Crippen LogP contribution in [0.15, 0.2) is 64.1 Å². The number of benzene rings is 2. The third-order valence-electron chi connectivity index (χ3n) is 6.78. The molecule has 34 heavy (non-hydrogen) atoms.